The summed E-state index contributed by atoms with van der Waals surface area (Å²) in [5.41, 5.74) is 0. The van der Waals surface area contributed by atoms with Gasteiger partial charge in [0.25, 0.3) is 0 Å². The van der Waals surface area contributed by atoms with Gasteiger partial charge in [-0.15, -0.1) is 0 Å². The number of unbranched alkanes of at least 4 members (excludes halogenated alkanes) is 23. The molecule has 0 saturated heterocycles. The summed E-state index contributed by atoms with van der Waals surface area (Å²) in [7, 11) is 5.52. The van der Waals surface area contributed by atoms with E-state index in [1.807, 2.05) is 21.1 Å². The van der Waals surface area contributed by atoms with E-state index >= 15 is 0 Å². The lowest BCUT2D eigenvalue weighted by Crippen LogP contribution is -2.50. The topological polar surface area (TPSA) is 99.1 Å². The zero-order valence-corrected chi connectivity index (χ0v) is 35.9. The molecule has 0 radical (unpaired) electrons. The third kappa shape index (κ3) is 35.5. The fourth-order valence-corrected chi connectivity index (χ4v) is 6.61. The van der Waals surface area contributed by atoms with Crippen molar-refractivity contribution in [2.75, 3.05) is 41.0 Å². The molecule has 8 nitrogen and oxygen atoms in total. The summed E-state index contributed by atoms with van der Waals surface area (Å²) in [6, 6.07) is -0.615. The van der Waals surface area contributed by atoms with Gasteiger partial charge in [-0.1, -0.05) is 167 Å². The summed E-state index contributed by atoms with van der Waals surface area (Å²) in [6.07, 6.45) is 40.7. The Hall–Kier alpha value is -2.19. The van der Waals surface area contributed by atoms with Crippen LogP contribution in [0.4, 0.5) is 0 Å². The molecule has 0 spiro atoms. The molecule has 2 atom stereocenters. The number of aliphatic carboxylic acids is 1. The smallest absolute Gasteiger partial charge is 0.362 e. The molecule has 0 heterocycles. The molecule has 0 fully saturated rings. The molecule has 1 N–H and O–H groups in total. The summed E-state index contributed by atoms with van der Waals surface area (Å²) in [4.78, 5) is 36.9. The fourth-order valence-electron chi connectivity index (χ4n) is 6.61. The summed E-state index contributed by atoms with van der Waals surface area (Å²) in [5.74, 6) is -1.49. The minimum Gasteiger partial charge on any atom is -0.477 e. The van der Waals surface area contributed by atoms with E-state index in [4.69, 9.17) is 14.2 Å². The normalized spacial score (nSPS) is 13.1. The zero-order chi connectivity index (χ0) is 40.0. The van der Waals surface area contributed by atoms with Gasteiger partial charge in [-0.05, 0) is 38.5 Å². The Morgan fingerprint density at radius 1 is 0.556 bits per heavy atom. The van der Waals surface area contributed by atoms with Crippen LogP contribution in [0.25, 0.3) is 0 Å². The van der Waals surface area contributed by atoms with Gasteiger partial charge in [0.1, 0.15) is 6.61 Å². The molecule has 0 aromatic rings. The molecule has 0 bridgehead atoms. The molecule has 0 aromatic heterocycles. The Kier molecular flexibility index (Phi) is 36.2. The highest BCUT2D eigenvalue weighted by Gasteiger charge is 2.31. The van der Waals surface area contributed by atoms with Gasteiger partial charge in [0.2, 0.25) is 0 Å². The van der Waals surface area contributed by atoms with Crippen LogP contribution in [0.3, 0.4) is 0 Å². The first-order valence-corrected chi connectivity index (χ1v) is 22.4. The van der Waals surface area contributed by atoms with Crippen LogP contribution < -0.4 is 0 Å². The molecular formula is C46H86NO7+. The maximum absolute atomic E-state index is 12.7. The number of carboxylic acid groups (broad SMARTS) is 1. The van der Waals surface area contributed by atoms with Crippen molar-refractivity contribution in [1.29, 1.82) is 0 Å². The van der Waals surface area contributed by atoms with E-state index < -0.39 is 18.1 Å². The number of ether oxygens (including phenoxy) is 3. The molecule has 0 aromatic carbocycles. The molecule has 0 amide bonds. The predicted molar refractivity (Wildman–Crippen MR) is 225 cm³/mol. The monoisotopic (exact) mass is 765 g/mol. The van der Waals surface area contributed by atoms with Crippen LogP contribution in [0.2, 0.25) is 0 Å². The number of carboxylic acids is 1. The lowest BCUT2D eigenvalue weighted by molar-refractivity contribution is -0.887. The quantitative estimate of drug-likeness (QED) is 0.0287. The lowest BCUT2D eigenvalue weighted by atomic mass is 10.0. The Morgan fingerprint density at radius 3 is 1.41 bits per heavy atom. The molecule has 0 aliphatic carbocycles. The number of carbonyl (C=O) groups is 3. The van der Waals surface area contributed by atoms with Crippen LogP contribution in [0.5, 0.6) is 0 Å². The van der Waals surface area contributed by atoms with Crippen LogP contribution in [-0.4, -0.2) is 80.6 Å². The van der Waals surface area contributed by atoms with Crippen LogP contribution in [0, 0.1) is 0 Å². The van der Waals surface area contributed by atoms with Crippen LogP contribution in [0.1, 0.15) is 200 Å². The molecule has 54 heavy (non-hydrogen) atoms. The number of carbonyl (C=O) groups excluding carboxylic acids is 2. The van der Waals surface area contributed by atoms with Gasteiger partial charge in [-0.3, -0.25) is 9.59 Å². The van der Waals surface area contributed by atoms with Gasteiger partial charge < -0.3 is 23.8 Å². The highest BCUT2D eigenvalue weighted by molar-refractivity contribution is 5.72. The van der Waals surface area contributed by atoms with Crippen molar-refractivity contribution in [3.05, 3.63) is 24.3 Å². The van der Waals surface area contributed by atoms with E-state index in [1.54, 1.807) is 0 Å². The largest absolute Gasteiger partial charge is 0.477 e. The maximum Gasteiger partial charge on any atom is 0.362 e. The van der Waals surface area contributed by atoms with E-state index in [-0.39, 0.29) is 36.2 Å². The first-order chi connectivity index (χ1) is 26.1. The van der Waals surface area contributed by atoms with Crippen LogP contribution >= 0.6 is 0 Å². The second kappa shape index (κ2) is 37.7. The minimum absolute atomic E-state index is 0.0566. The number of likely N-dealkylation sites (N-methyl/N-ethyl adjacent to an activating group) is 1. The highest BCUT2D eigenvalue weighted by Crippen LogP contribution is 2.15. The van der Waals surface area contributed by atoms with Gasteiger partial charge in [-0.25, -0.2) is 4.79 Å². The van der Waals surface area contributed by atoms with Crippen molar-refractivity contribution in [3.63, 3.8) is 0 Å². The molecule has 316 valence electrons. The average molecular weight is 765 g/mol. The number of allylic oxidation sites excluding steroid dienone is 4. The minimum atomic E-state index is -0.877. The van der Waals surface area contributed by atoms with Gasteiger partial charge in [0.05, 0.1) is 34.4 Å². The number of hydrogen-bond donors (Lipinski definition) is 1. The molecule has 8 heteroatoms. The maximum atomic E-state index is 12.7. The lowest BCUT2D eigenvalue weighted by Gasteiger charge is -2.31. The number of nitrogens with zero attached hydrogens (tertiary/aromatic N) is 1. The summed E-state index contributed by atoms with van der Waals surface area (Å²) in [6.45, 7) is 4.72. The van der Waals surface area contributed by atoms with E-state index in [2.05, 4.69) is 38.2 Å². The molecule has 0 rings (SSSR count). The van der Waals surface area contributed by atoms with Gasteiger partial charge in [-0.2, -0.15) is 0 Å². The fraction of sp³-hybridized carbons (Fsp3) is 0.848. The SMILES string of the molecule is CCCCCCCCC/C=C/C=C/CCCCCC(=O)OCC(COCCC(C(=O)O)[N+](C)(C)C)OC(=O)CCCCCCCCCCCCCCCC. The zero-order valence-electron chi connectivity index (χ0n) is 35.9. The van der Waals surface area contributed by atoms with Gasteiger partial charge in [0, 0.05) is 19.3 Å². The number of esters is 2. The standard InChI is InChI=1S/C46H85NO7/c1-6-8-10-12-14-16-18-20-22-23-25-26-28-30-32-34-36-44(48)53-41-42(40-52-39-38-43(46(50)51)47(3,4)5)54-45(49)37-35-33-31-29-27-24-21-19-17-15-13-11-9-7-2/h22-23,25-26,42-43H,6-21,24,27-41H2,1-5H3/p+1/b23-22+,26-25+. The second-order valence-corrected chi connectivity index (χ2v) is 16.3. The van der Waals surface area contributed by atoms with Crippen molar-refractivity contribution in [2.45, 2.75) is 212 Å². The van der Waals surface area contributed by atoms with E-state index in [0.29, 0.717) is 19.3 Å². The second-order valence-electron chi connectivity index (χ2n) is 16.3. The highest BCUT2D eigenvalue weighted by atomic mass is 16.6. The first kappa shape index (κ1) is 51.8. The number of quaternary nitrogens is 1. The first-order valence-electron chi connectivity index (χ1n) is 22.4. The predicted octanol–water partition coefficient (Wildman–Crippen LogP) is 12.1. The van der Waals surface area contributed by atoms with Crippen molar-refractivity contribution in [1.82, 2.24) is 0 Å². The molecule has 0 aliphatic rings. The van der Waals surface area contributed by atoms with Crippen molar-refractivity contribution in [2.24, 2.45) is 0 Å². The summed E-state index contributed by atoms with van der Waals surface area (Å²) < 4.78 is 17.3. The number of hydrogen-bond acceptors (Lipinski definition) is 6. The van der Waals surface area contributed by atoms with Crippen molar-refractivity contribution >= 4 is 17.9 Å². The van der Waals surface area contributed by atoms with Crippen molar-refractivity contribution < 1.29 is 38.2 Å². The molecule has 0 saturated carbocycles. The molecular weight excluding hydrogens is 679 g/mol. The third-order valence-electron chi connectivity index (χ3n) is 10.1. The van der Waals surface area contributed by atoms with Crippen molar-refractivity contribution in [3.8, 4) is 0 Å². The van der Waals surface area contributed by atoms with Gasteiger partial charge in [0.15, 0.2) is 12.1 Å². The molecule has 2 unspecified atom stereocenters. The van der Waals surface area contributed by atoms with E-state index in [1.165, 1.54) is 116 Å². The third-order valence-corrected chi connectivity index (χ3v) is 10.1. The van der Waals surface area contributed by atoms with E-state index in [9.17, 15) is 19.5 Å². The Bertz CT molecular complexity index is 942. The van der Waals surface area contributed by atoms with Crippen LogP contribution in [-0.2, 0) is 28.6 Å². The summed E-state index contributed by atoms with van der Waals surface area (Å²) in [5, 5.41) is 9.61. The summed E-state index contributed by atoms with van der Waals surface area (Å²) >= 11 is 0. The Balaban J connectivity index is 4.37. The Morgan fingerprint density at radius 2 is 0.963 bits per heavy atom. The Labute approximate surface area is 332 Å². The average Bonchev–Trinajstić information content (AvgIpc) is 3.12. The van der Waals surface area contributed by atoms with E-state index in [0.717, 1.165) is 51.4 Å². The molecule has 0 aliphatic heterocycles. The van der Waals surface area contributed by atoms with Crippen LogP contribution in [0.15, 0.2) is 24.3 Å². The number of rotatable bonds is 40. The van der Waals surface area contributed by atoms with Gasteiger partial charge >= 0.3 is 17.9 Å².